The fraction of sp³-hybridized carbons (Fsp3) is 0.200. The standard InChI is InChI=1S/C15H13BrN2O/c1-2-13(16)15-17-14(18-19-15)12-8-7-10-5-3-4-6-11(10)9-12/h3-9,13H,2H2,1H3. The molecule has 0 saturated carbocycles. The van der Waals surface area contributed by atoms with E-state index in [0.717, 1.165) is 12.0 Å². The van der Waals surface area contributed by atoms with E-state index in [1.807, 2.05) is 18.2 Å². The molecule has 0 aliphatic rings. The molecule has 96 valence electrons. The van der Waals surface area contributed by atoms with Crippen LogP contribution in [0.15, 0.2) is 47.0 Å². The molecule has 1 atom stereocenters. The first-order valence-electron chi connectivity index (χ1n) is 6.25. The van der Waals surface area contributed by atoms with Gasteiger partial charge in [-0.15, -0.1) is 0 Å². The van der Waals surface area contributed by atoms with Gasteiger partial charge in [0, 0.05) is 5.56 Å². The first-order valence-corrected chi connectivity index (χ1v) is 7.16. The summed E-state index contributed by atoms with van der Waals surface area (Å²) in [5, 5.41) is 6.43. The lowest BCUT2D eigenvalue weighted by atomic mass is 10.1. The van der Waals surface area contributed by atoms with Gasteiger partial charge < -0.3 is 4.52 Å². The lowest BCUT2D eigenvalue weighted by molar-refractivity contribution is 0.377. The molecular weight excluding hydrogens is 304 g/mol. The van der Waals surface area contributed by atoms with Gasteiger partial charge in [0.15, 0.2) is 0 Å². The van der Waals surface area contributed by atoms with E-state index in [0.29, 0.717) is 11.7 Å². The molecule has 0 aliphatic carbocycles. The summed E-state index contributed by atoms with van der Waals surface area (Å²) >= 11 is 3.51. The second kappa shape index (κ2) is 5.13. The zero-order valence-corrected chi connectivity index (χ0v) is 12.1. The molecule has 0 aliphatic heterocycles. The fourth-order valence-corrected chi connectivity index (χ4v) is 2.17. The molecule has 0 bridgehead atoms. The van der Waals surface area contributed by atoms with Crippen LogP contribution in [0.5, 0.6) is 0 Å². The average Bonchev–Trinajstić information content (AvgIpc) is 2.95. The van der Waals surface area contributed by atoms with Crippen molar-refractivity contribution in [2.75, 3.05) is 0 Å². The van der Waals surface area contributed by atoms with E-state index in [1.54, 1.807) is 0 Å². The molecule has 0 amide bonds. The van der Waals surface area contributed by atoms with Crippen molar-refractivity contribution in [3.8, 4) is 11.4 Å². The number of benzene rings is 2. The number of alkyl halides is 1. The zero-order valence-electron chi connectivity index (χ0n) is 10.5. The molecule has 1 aromatic heterocycles. The Hall–Kier alpha value is -1.68. The molecule has 19 heavy (non-hydrogen) atoms. The van der Waals surface area contributed by atoms with Gasteiger partial charge in [0.1, 0.15) is 0 Å². The molecule has 0 saturated heterocycles. The van der Waals surface area contributed by atoms with Crippen LogP contribution in [0, 0.1) is 0 Å². The lowest BCUT2D eigenvalue weighted by Crippen LogP contribution is -1.87. The molecule has 3 rings (SSSR count). The van der Waals surface area contributed by atoms with Crippen LogP contribution in [0.4, 0.5) is 0 Å². The molecule has 1 unspecified atom stereocenters. The van der Waals surface area contributed by atoms with E-state index < -0.39 is 0 Å². The highest BCUT2D eigenvalue weighted by Crippen LogP contribution is 2.27. The summed E-state index contributed by atoms with van der Waals surface area (Å²) in [5.74, 6) is 1.27. The van der Waals surface area contributed by atoms with Crippen LogP contribution in [0.2, 0.25) is 0 Å². The maximum atomic E-state index is 5.28. The number of hydrogen-bond acceptors (Lipinski definition) is 3. The van der Waals surface area contributed by atoms with Crippen LogP contribution in [0.25, 0.3) is 22.2 Å². The molecule has 2 aromatic carbocycles. The summed E-state index contributed by atoms with van der Waals surface area (Å²) < 4.78 is 5.28. The van der Waals surface area contributed by atoms with Crippen molar-refractivity contribution < 1.29 is 4.52 Å². The third-order valence-corrected chi connectivity index (χ3v) is 4.11. The van der Waals surface area contributed by atoms with Crippen LogP contribution in [-0.2, 0) is 0 Å². The summed E-state index contributed by atoms with van der Waals surface area (Å²) in [6.45, 7) is 2.07. The third kappa shape index (κ3) is 2.40. The first kappa shape index (κ1) is 12.4. The highest BCUT2D eigenvalue weighted by Gasteiger charge is 2.14. The summed E-state index contributed by atoms with van der Waals surface area (Å²) in [6.07, 6.45) is 0.916. The van der Waals surface area contributed by atoms with Gasteiger partial charge in [-0.25, -0.2) is 0 Å². The molecule has 0 spiro atoms. The maximum absolute atomic E-state index is 5.28. The lowest BCUT2D eigenvalue weighted by Gasteiger charge is -1.99. The van der Waals surface area contributed by atoms with Crippen LogP contribution in [0.1, 0.15) is 24.1 Å². The zero-order chi connectivity index (χ0) is 13.2. The first-order chi connectivity index (χ1) is 9.28. The van der Waals surface area contributed by atoms with Crippen molar-refractivity contribution in [2.24, 2.45) is 0 Å². The minimum atomic E-state index is 0.120. The van der Waals surface area contributed by atoms with Crippen molar-refractivity contribution in [1.29, 1.82) is 0 Å². The van der Waals surface area contributed by atoms with Crippen molar-refractivity contribution in [2.45, 2.75) is 18.2 Å². The largest absolute Gasteiger partial charge is 0.338 e. The second-order valence-electron chi connectivity index (χ2n) is 4.39. The van der Waals surface area contributed by atoms with Crippen molar-refractivity contribution in [1.82, 2.24) is 10.1 Å². The number of rotatable bonds is 3. The van der Waals surface area contributed by atoms with Gasteiger partial charge in [-0.1, -0.05) is 64.4 Å². The van der Waals surface area contributed by atoms with Crippen molar-refractivity contribution >= 4 is 26.7 Å². The quantitative estimate of drug-likeness (QED) is 0.655. The molecule has 4 heteroatoms. The minimum Gasteiger partial charge on any atom is -0.338 e. The van der Waals surface area contributed by atoms with Gasteiger partial charge in [0.25, 0.3) is 0 Å². The van der Waals surface area contributed by atoms with Crippen molar-refractivity contribution in [3.63, 3.8) is 0 Å². The van der Waals surface area contributed by atoms with Crippen LogP contribution >= 0.6 is 15.9 Å². The Morgan fingerprint density at radius 2 is 1.95 bits per heavy atom. The van der Waals surface area contributed by atoms with Gasteiger partial charge in [-0.05, 0) is 23.3 Å². The minimum absolute atomic E-state index is 0.120. The highest BCUT2D eigenvalue weighted by atomic mass is 79.9. The summed E-state index contributed by atoms with van der Waals surface area (Å²) in [5.41, 5.74) is 0.976. The Labute approximate surface area is 119 Å². The van der Waals surface area contributed by atoms with Gasteiger partial charge in [-0.3, -0.25) is 0 Å². The normalized spacial score (nSPS) is 12.7. The van der Waals surface area contributed by atoms with Crippen LogP contribution < -0.4 is 0 Å². The Kier molecular flexibility index (Phi) is 3.34. The number of halogens is 1. The Balaban J connectivity index is 2.01. The predicted octanol–water partition coefficient (Wildman–Crippen LogP) is 4.74. The third-order valence-electron chi connectivity index (χ3n) is 3.08. The molecular formula is C15H13BrN2O. The molecule has 3 nitrogen and oxygen atoms in total. The summed E-state index contributed by atoms with van der Waals surface area (Å²) in [7, 11) is 0. The number of aromatic nitrogens is 2. The predicted molar refractivity (Wildman–Crippen MR) is 79.2 cm³/mol. The van der Waals surface area contributed by atoms with E-state index in [-0.39, 0.29) is 4.83 Å². The number of fused-ring (bicyclic) bond motifs is 1. The second-order valence-corrected chi connectivity index (χ2v) is 5.50. The molecule has 0 fully saturated rings. The number of hydrogen-bond donors (Lipinski definition) is 0. The highest BCUT2D eigenvalue weighted by molar-refractivity contribution is 9.09. The Bertz CT molecular complexity index is 708. The molecule has 3 aromatic rings. The van der Waals surface area contributed by atoms with E-state index in [9.17, 15) is 0 Å². The molecule has 0 N–H and O–H groups in total. The summed E-state index contributed by atoms with van der Waals surface area (Å²) in [4.78, 5) is 4.55. The van der Waals surface area contributed by atoms with Gasteiger partial charge in [0.2, 0.25) is 11.7 Å². The van der Waals surface area contributed by atoms with Crippen LogP contribution in [-0.4, -0.2) is 10.1 Å². The van der Waals surface area contributed by atoms with E-state index in [1.165, 1.54) is 10.8 Å². The van der Waals surface area contributed by atoms with Crippen molar-refractivity contribution in [3.05, 3.63) is 48.4 Å². The topological polar surface area (TPSA) is 38.9 Å². The molecule has 0 radical (unpaired) electrons. The summed E-state index contributed by atoms with van der Waals surface area (Å²) in [6, 6.07) is 14.4. The van der Waals surface area contributed by atoms with E-state index in [4.69, 9.17) is 4.52 Å². The monoisotopic (exact) mass is 316 g/mol. The van der Waals surface area contributed by atoms with E-state index in [2.05, 4.69) is 57.3 Å². The average molecular weight is 317 g/mol. The van der Waals surface area contributed by atoms with Crippen LogP contribution in [0.3, 0.4) is 0 Å². The van der Waals surface area contributed by atoms with Gasteiger partial charge in [0.05, 0.1) is 4.83 Å². The Morgan fingerprint density at radius 3 is 2.74 bits per heavy atom. The Morgan fingerprint density at radius 1 is 1.16 bits per heavy atom. The van der Waals surface area contributed by atoms with Gasteiger partial charge >= 0.3 is 0 Å². The fourth-order valence-electron chi connectivity index (χ4n) is 1.98. The van der Waals surface area contributed by atoms with E-state index >= 15 is 0 Å². The maximum Gasteiger partial charge on any atom is 0.240 e. The SMILES string of the molecule is CCC(Br)c1nc(-c2ccc3ccccc3c2)no1. The van der Waals surface area contributed by atoms with Gasteiger partial charge in [-0.2, -0.15) is 4.98 Å². The number of nitrogens with zero attached hydrogens (tertiary/aromatic N) is 2. The molecule has 1 heterocycles. The smallest absolute Gasteiger partial charge is 0.240 e.